The number of nitrogens with one attached hydrogen (secondary N) is 2. The first-order chi connectivity index (χ1) is 20.9. The molecule has 1 heterocycles. The molecule has 1 saturated carbocycles. The number of carbonyl (C=O) groups excluding carboxylic acids is 4. The Kier molecular flexibility index (Phi) is 9.68. The summed E-state index contributed by atoms with van der Waals surface area (Å²) in [5.74, 6) is -1.29. The molecule has 2 N–H and O–H groups in total. The Morgan fingerprint density at radius 1 is 1.07 bits per heavy atom. The molecule has 1 saturated heterocycles. The van der Waals surface area contributed by atoms with Crippen molar-refractivity contribution >= 4 is 34.6 Å². The number of rotatable bonds is 9. The number of fused-ring (bicyclic) bond motifs is 1. The molecule has 1 aliphatic heterocycles. The first kappa shape index (κ1) is 34.0. The Bertz CT molecular complexity index is 1460. The summed E-state index contributed by atoms with van der Waals surface area (Å²) in [5, 5.41) is 7.95. The summed E-state index contributed by atoms with van der Waals surface area (Å²) in [5.41, 5.74) is -1.58. The van der Waals surface area contributed by atoms with E-state index in [2.05, 4.69) is 23.3 Å². The SMILES string of the molecule is C=C[C@@H]1C[C@@]1(NC(=O)[C@@H]1C[C@@H](OCc2ccc3ccccc3c2)CN1C(=O)[C@@H](NC(=O)OC(C)(C)C)C(C)(C)C)C(=O)N(C)C. The molecular formula is C35H48N4O6. The van der Waals surface area contributed by atoms with Crippen molar-refractivity contribution in [2.24, 2.45) is 11.3 Å². The van der Waals surface area contributed by atoms with Gasteiger partial charge in [0.25, 0.3) is 0 Å². The number of carbonyl (C=O) groups is 4. The van der Waals surface area contributed by atoms with E-state index in [9.17, 15) is 19.2 Å². The van der Waals surface area contributed by atoms with E-state index in [1.54, 1.807) is 40.9 Å². The van der Waals surface area contributed by atoms with Crippen molar-refractivity contribution in [2.75, 3.05) is 20.6 Å². The minimum atomic E-state index is -1.10. The van der Waals surface area contributed by atoms with Crippen LogP contribution in [0.3, 0.4) is 0 Å². The lowest BCUT2D eigenvalue weighted by molar-refractivity contribution is -0.143. The normalized spacial score (nSPS) is 23.6. The molecule has 5 atom stereocenters. The summed E-state index contributed by atoms with van der Waals surface area (Å²) in [6.45, 7) is 15.1. The zero-order chi connectivity index (χ0) is 33.3. The molecule has 2 aliphatic rings. The summed E-state index contributed by atoms with van der Waals surface area (Å²) >= 11 is 0. The highest BCUT2D eigenvalue weighted by Crippen LogP contribution is 2.46. The molecule has 1 aliphatic carbocycles. The summed E-state index contributed by atoms with van der Waals surface area (Å²) in [7, 11) is 3.29. The van der Waals surface area contributed by atoms with Crippen molar-refractivity contribution in [1.82, 2.24) is 20.4 Å². The maximum absolute atomic E-state index is 14.2. The lowest BCUT2D eigenvalue weighted by Gasteiger charge is -2.36. The molecule has 10 heteroatoms. The molecule has 244 valence electrons. The smallest absolute Gasteiger partial charge is 0.408 e. The van der Waals surface area contributed by atoms with Gasteiger partial charge in [0.05, 0.1) is 12.7 Å². The van der Waals surface area contributed by atoms with Gasteiger partial charge in [0, 0.05) is 33.0 Å². The third kappa shape index (κ3) is 7.84. The van der Waals surface area contributed by atoms with Gasteiger partial charge in [-0.25, -0.2) is 4.79 Å². The third-order valence-corrected chi connectivity index (χ3v) is 8.36. The molecule has 4 rings (SSSR count). The van der Waals surface area contributed by atoms with Crippen molar-refractivity contribution in [2.45, 2.75) is 90.3 Å². The van der Waals surface area contributed by atoms with E-state index >= 15 is 0 Å². The van der Waals surface area contributed by atoms with Gasteiger partial charge >= 0.3 is 6.09 Å². The lowest BCUT2D eigenvalue weighted by atomic mass is 9.85. The fraction of sp³-hybridized carbons (Fsp3) is 0.543. The number of likely N-dealkylation sites (tertiary alicyclic amines) is 1. The number of amides is 4. The number of ether oxygens (including phenoxy) is 2. The fourth-order valence-corrected chi connectivity index (χ4v) is 5.91. The number of nitrogens with zero attached hydrogens (tertiary/aromatic N) is 2. The molecular weight excluding hydrogens is 572 g/mol. The number of likely N-dealkylation sites (N-methyl/N-ethyl adjacent to an activating group) is 1. The zero-order valence-electron chi connectivity index (χ0n) is 27.8. The van der Waals surface area contributed by atoms with E-state index < -0.39 is 52.7 Å². The van der Waals surface area contributed by atoms with Gasteiger partial charge in [0.2, 0.25) is 17.7 Å². The molecule has 2 fully saturated rings. The van der Waals surface area contributed by atoms with Crippen LogP contribution in [0.2, 0.25) is 0 Å². The van der Waals surface area contributed by atoms with Crippen LogP contribution in [0.25, 0.3) is 10.8 Å². The van der Waals surface area contributed by atoms with Gasteiger partial charge in [-0.15, -0.1) is 6.58 Å². The monoisotopic (exact) mass is 620 g/mol. The van der Waals surface area contributed by atoms with Gasteiger partial charge in [-0.05, 0) is 55.0 Å². The first-order valence-corrected chi connectivity index (χ1v) is 15.5. The quantitative estimate of drug-likeness (QED) is 0.401. The molecule has 4 amide bonds. The standard InChI is InChI=1S/C35H48N4O6/c1-10-25-19-35(25,31(42)38(8)9)37-29(40)27-18-26(44-21-22-15-16-23-13-11-12-14-24(23)17-22)20-39(27)30(41)28(33(2,3)4)36-32(43)45-34(5,6)7/h10-17,25-28H,1,18-21H2,2-9H3,(H,36,43)(H,37,40)/t25-,26-,27+,28-,35+/m1/s1. The summed E-state index contributed by atoms with van der Waals surface area (Å²) in [4.78, 5) is 57.1. The van der Waals surface area contributed by atoms with Gasteiger partial charge in [-0.1, -0.05) is 63.2 Å². The lowest BCUT2D eigenvalue weighted by Crippen LogP contribution is -2.60. The Morgan fingerprint density at radius 2 is 1.73 bits per heavy atom. The number of hydrogen-bond acceptors (Lipinski definition) is 6. The van der Waals surface area contributed by atoms with Crippen molar-refractivity contribution in [1.29, 1.82) is 0 Å². The summed E-state index contributed by atoms with van der Waals surface area (Å²) in [6.07, 6.45) is 1.18. The highest BCUT2D eigenvalue weighted by atomic mass is 16.6. The minimum absolute atomic E-state index is 0.145. The van der Waals surface area contributed by atoms with Gasteiger partial charge in [0.1, 0.15) is 23.2 Å². The largest absolute Gasteiger partial charge is 0.444 e. The van der Waals surface area contributed by atoms with Gasteiger partial charge in [-0.3, -0.25) is 14.4 Å². The van der Waals surface area contributed by atoms with Crippen molar-refractivity contribution in [3.05, 3.63) is 60.7 Å². The predicted molar refractivity (Wildman–Crippen MR) is 173 cm³/mol. The average Bonchev–Trinajstić information content (AvgIpc) is 3.49. The third-order valence-electron chi connectivity index (χ3n) is 8.36. The van der Waals surface area contributed by atoms with Crippen LogP contribution >= 0.6 is 0 Å². The number of hydrogen-bond donors (Lipinski definition) is 2. The van der Waals surface area contributed by atoms with E-state index in [0.29, 0.717) is 13.0 Å². The highest BCUT2D eigenvalue weighted by molar-refractivity contribution is 5.98. The topological polar surface area (TPSA) is 117 Å². The number of alkyl carbamates (subject to hydrolysis) is 1. The number of benzene rings is 2. The maximum Gasteiger partial charge on any atom is 0.408 e. The second-order valence-corrected chi connectivity index (χ2v) is 14.5. The van der Waals surface area contributed by atoms with Crippen LogP contribution < -0.4 is 10.6 Å². The second-order valence-electron chi connectivity index (χ2n) is 14.5. The predicted octanol–water partition coefficient (Wildman–Crippen LogP) is 4.41. The van der Waals surface area contributed by atoms with E-state index in [0.717, 1.165) is 16.3 Å². The van der Waals surface area contributed by atoms with Crippen LogP contribution in [0.15, 0.2) is 55.1 Å². The molecule has 2 aromatic carbocycles. The van der Waals surface area contributed by atoms with Gasteiger partial charge in [0.15, 0.2) is 0 Å². The summed E-state index contributed by atoms with van der Waals surface area (Å²) in [6, 6.07) is 12.3. The molecule has 0 spiro atoms. The van der Waals surface area contributed by atoms with Crippen molar-refractivity contribution < 1.29 is 28.7 Å². The van der Waals surface area contributed by atoms with Crippen LogP contribution in [0.4, 0.5) is 4.79 Å². The Hall–Kier alpha value is -3.92. The van der Waals surface area contributed by atoms with Crippen LogP contribution in [-0.4, -0.2) is 83.6 Å². The molecule has 10 nitrogen and oxygen atoms in total. The van der Waals surface area contributed by atoms with E-state index in [4.69, 9.17) is 9.47 Å². The van der Waals surface area contributed by atoms with E-state index in [1.165, 1.54) is 9.80 Å². The first-order valence-electron chi connectivity index (χ1n) is 15.5. The molecule has 45 heavy (non-hydrogen) atoms. The van der Waals surface area contributed by atoms with Crippen LogP contribution in [0.1, 0.15) is 59.9 Å². The van der Waals surface area contributed by atoms with Crippen LogP contribution in [-0.2, 0) is 30.5 Å². The fourth-order valence-electron chi connectivity index (χ4n) is 5.91. The molecule has 0 aromatic heterocycles. The van der Waals surface area contributed by atoms with Gasteiger partial charge in [-0.2, -0.15) is 0 Å². The Balaban J connectivity index is 1.58. The zero-order valence-corrected chi connectivity index (χ0v) is 27.8. The van der Waals surface area contributed by atoms with Crippen LogP contribution in [0.5, 0.6) is 0 Å². The van der Waals surface area contributed by atoms with Crippen molar-refractivity contribution in [3.8, 4) is 0 Å². The highest BCUT2D eigenvalue weighted by Gasteiger charge is 2.61. The molecule has 2 aromatic rings. The maximum atomic E-state index is 14.2. The van der Waals surface area contributed by atoms with E-state index in [1.807, 2.05) is 57.2 Å². The summed E-state index contributed by atoms with van der Waals surface area (Å²) < 4.78 is 11.8. The average molecular weight is 621 g/mol. The minimum Gasteiger partial charge on any atom is -0.444 e. The molecule has 0 radical (unpaired) electrons. The molecule has 0 unspecified atom stereocenters. The van der Waals surface area contributed by atoms with Crippen molar-refractivity contribution in [3.63, 3.8) is 0 Å². The Morgan fingerprint density at radius 3 is 2.31 bits per heavy atom. The Labute approximate surface area is 266 Å². The second kappa shape index (κ2) is 12.8. The van der Waals surface area contributed by atoms with Crippen LogP contribution in [0, 0.1) is 11.3 Å². The van der Waals surface area contributed by atoms with E-state index in [-0.39, 0.29) is 24.8 Å². The molecule has 0 bridgehead atoms. The van der Waals surface area contributed by atoms with Gasteiger partial charge < -0.3 is 29.9 Å².